The van der Waals surface area contributed by atoms with Crippen LogP contribution >= 0.6 is 0 Å². The van der Waals surface area contributed by atoms with Gasteiger partial charge < -0.3 is 14.8 Å². The van der Waals surface area contributed by atoms with Gasteiger partial charge in [-0.2, -0.15) is 0 Å². The van der Waals surface area contributed by atoms with Crippen LogP contribution in [-0.2, 0) is 14.3 Å². The number of benzene rings is 2. The van der Waals surface area contributed by atoms with E-state index >= 15 is 0 Å². The summed E-state index contributed by atoms with van der Waals surface area (Å²) in [7, 11) is 0. The molecule has 0 unspecified atom stereocenters. The van der Waals surface area contributed by atoms with Crippen LogP contribution in [0, 0.1) is 13.8 Å². The Bertz CT molecular complexity index is 878. The second kappa shape index (κ2) is 9.23. The first kappa shape index (κ1) is 21.9. The van der Waals surface area contributed by atoms with Crippen molar-refractivity contribution >= 4 is 29.3 Å². The normalized spacial score (nSPS) is 10.8. The number of esters is 1. The van der Waals surface area contributed by atoms with Crippen LogP contribution in [0.5, 0.6) is 0 Å². The molecule has 7 nitrogen and oxygen atoms in total. The smallest absolute Gasteiger partial charge is 0.412 e. The number of hydrogen-bond acceptors (Lipinski definition) is 5. The van der Waals surface area contributed by atoms with E-state index in [9.17, 15) is 14.4 Å². The zero-order chi connectivity index (χ0) is 21.6. The van der Waals surface area contributed by atoms with Crippen molar-refractivity contribution in [2.75, 3.05) is 17.2 Å². The van der Waals surface area contributed by atoms with Crippen molar-refractivity contribution < 1.29 is 23.9 Å². The first-order valence-electron chi connectivity index (χ1n) is 9.17. The lowest BCUT2D eigenvalue weighted by Crippen LogP contribution is -2.27. The van der Waals surface area contributed by atoms with Gasteiger partial charge in [-0.1, -0.05) is 6.07 Å². The third-order valence-electron chi connectivity index (χ3n) is 3.61. The third-order valence-corrected chi connectivity index (χ3v) is 3.61. The molecule has 0 spiro atoms. The van der Waals surface area contributed by atoms with Crippen LogP contribution in [0.3, 0.4) is 0 Å². The average Bonchev–Trinajstić information content (AvgIpc) is 2.57. The molecule has 154 valence electrons. The molecule has 0 aromatic heterocycles. The Labute approximate surface area is 170 Å². The van der Waals surface area contributed by atoms with Gasteiger partial charge in [0.1, 0.15) is 5.60 Å². The Morgan fingerprint density at radius 2 is 1.45 bits per heavy atom. The molecule has 2 rings (SSSR count). The van der Waals surface area contributed by atoms with Crippen LogP contribution in [0.2, 0.25) is 0 Å². The molecule has 2 amide bonds. The molecule has 0 saturated carbocycles. The number of amides is 2. The van der Waals surface area contributed by atoms with E-state index in [0.717, 1.165) is 11.1 Å². The molecule has 2 aromatic carbocycles. The lowest BCUT2D eigenvalue weighted by atomic mass is 10.1. The molecule has 0 bridgehead atoms. The number of hydrogen-bond donors (Lipinski definition) is 2. The molecule has 2 aromatic rings. The molecule has 2 N–H and O–H groups in total. The van der Waals surface area contributed by atoms with Crippen molar-refractivity contribution in [1.82, 2.24) is 0 Å². The lowest BCUT2D eigenvalue weighted by Gasteiger charge is -2.19. The van der Waals surface area contributed by atoms with Gasteiger partial charge in [0.05, 0.1) is 5.56 Å². The summed E-state index contributed by atoms with van der Waals surface area (Å²) < 4.78 is 10.2. The van der Waals surface area contributed by atoms with E-state index in [4.69, 9.17) is 9.47 Å². The van der Waals surface area contributed by atoms with Crippen molar-refractivity contribution in [3.8, 4) is 0 Å². The number of rotatable bonds is 5. The van der Waals surface area contributed by atoms with E-state index in [-0.39, 0.29) is 5.56 Å². The highest BCUT2D eigenvalue weighted by molar-refractivity contribution is 5.96. The van der Waals surface area contributed by atoms with Crippen molar-refractivity contribution in [2.45, 2.75) is 40.2 Å². The molecule has 0 aliphatic carbocycles. The molecular formula is C22H26N2O5. The molecule has 0 aliphatic heterocycles. The standard InChI is InChI=1S/C22H26N2O5/c1-14-10-15(2)12-18(11-14)23-19(25)13-28-20(26)16-6-8-17(9-7-16)24-21(27)29-22(3,4)5/h6-12H,13H2,1-5H3,(H,23,25)(H,24,27). The van der Waals surface area contributed by atoms with Crippen LogP contribution in [0.15, 0.2) is 42.5 Å². The predicted octanol–water partition coefficient (Wildman–Crippen LogP) is 4.45. The fourth-order valence-corrected chi connectivity index (χ4v) is 2.57. The molecule has 7 heteroatoms. The fraction of sp³-hybridized carbons (Fsp3) is 0.318. The van der Waals surface area contributed by atoms with E-state index in [1.165, 1.54) is 12.1 Å². The van der Waals surface area contributed by atoms with Crippen LogP contribution in [0.25, 0.3) is 0 Å². The maximum atomic E-state index is 12.1. The summed E-state index contributed by atoms with van der Waals surface area (Å²) in [6.07, 6.45) is -0.587. The topological polar surface area (TPSA) is 93.7 Å². The predicted molar refractivity (Wildman–Crippen MR) is 111 cm³/mol. The van der Waals surface area contributed by atoms with Gasteiger partial charge in [-0.3, -0.25) is 10.1 Å². The molecule has 0 aliphatic rings. The Balaban J connectivity index is 1.85. The van der Waals surface area contributed by atoms with Crippen molar-refractivity contribution in [1.29, 1.82) is 0 Å². The van der Waals surface area contributed by atoms with E-state index in [1.54, 1.807) is 32.9 Å². The van der Waals surface area contributed by atoms with Crippen molar-refractivity contribution in [3.63, 3.8) is 0 Å². The number of carbonyl (C=O) groups excluding carboxylic acids is 3. The van der Waals surface area contributed by atoms with Crippen molar-refractivity contribution in [2.24, 2.45) is 0 Å². The molecule has 0 radical (unpaired) electrons. The number of anilines is 2. The minimum absolute atomic E-state index is 0.263. The number of carbonyl (C=O) groups is 3. The van der Waals surface area contributed by atoms with Crippen LogP contribution < -0.4 is 10.6 Å². The first-order chi connectivity index (χ1) is 13.5. The summed E-state index contributed by atoms with van der Waals surface area (Å²) in [4.78, 5) is 35.9. The van der Waals surface area contributed by atoms with Gasteiger partial charge in [-0.15, -0.1) is 0 Å². The van der Waals surface area contributed by atoms with Crippen molar-refractivity contribution in [3.05, 3.63) is 59.2 Å². The highest BCUT2D eigenvalue weighted by Gasteiger charge is 2.16. The first-order valence-corrected chi connectivity index (χ1v) is 9.17. The number of ether oxygens (including phenoxy) is 2. The zero-order valence-corrected chi connectivity index (χ0v) is 17.3. The van der Waals surface area contributed by atoms with E-state index < -0.39 is 30.2 Å². The van der Waals surface area contributed by atoms with E-state index in [2.05, 4.69) is 10.6 Å². The quantitative estimate of drug-likeness (QED) is 0.726. The highest BCUT2D eigenvalue weighted by atomic mass is 16.6. The number of nitrogens with one attached hydrogen (secondary N) is 2. The van der Waals surface area contributed by atoms with Gasteiger partial charge in [0, 0.05) is 11.4 Å². The Hall–Kier alpha value is -3.35. The average molecular weight is 398 g/mol. The molecule has 0 heterocycles. The van der Waals surface area contributed by atoms with Crippen LogP contribution in [0.4, 0.5) is 16.2 Å². The van der Waals surface area contributed by atoms with Crippen LogP contribution in [-0.4, -0.2) is 30.2 Å². The summed E-state index contributed by atoms with van der Waals surface area (Å²) in [5.41, 5.74) is 2.84. The monoisotopic (exact) mass is 398 g/mol. The van der Waals surface area contributed by atoms with E-state index in [0.29, 0.717) is 11.4 Å². The summed E-state index contributed by atoms with van der Waals surface area (Å²) in [5, 5.41) is 5.28. The Morgan fingerprint density at radius 3 is 2.00 bits per heavy atom. The fourth-order valence-electron chi connectivity index (χ4n) is 2.57. The summed E-state index contributed by atoms with van der Waals surface area (Å²) in [5.74, 6) is -1.06. The molecule has 0 atom stereocenters. The largest absolute Gasteiger partial charge is 0.452 e. The SMILES string of the molecule is Cc1cc(C)cc(NC(=O)COC(=O)c2ccc(NC(=O)OC(C)(C)C)cc2)c1. The molecule has 29 heavy (non-hydrogen) atoms. The zero-order valence-electron chi connectivity index (χ0n) is 17.3. The second-order valence-electron chi connectivity index (χ2n) is 7.70. The highest BCUT2D eigenvalue weighted by Crippen LogP contribution is 2.15. The molecule has 0 saturated heterocycles. The lowest BCUT2D eigenvalue weighted by molar-refractivity contribution is -0.119. The molecular weight excluding hydrogens is 372 g/mol. The minimum Gasteiger partial charge on any atom is -0.452 e. The Morgan fingerprint density at radius 1 is 0.862 bits per heavy atom. The van der Waals surface area contributed by atoms with Gasteiger partial charge in [0.25, 0.3) is 5.91 Å². The molecule has 0 fully saturated rings. The number of aryl methyl sites for hydroxylation is 2. The van der Waals surface area contributed by atoms with Crippen LogP contribution in [0.1, 0.15) is 42.3 Å². The van der Waals surface area contributed by atoms with Gasteiger partial charge in [0.15, 0.2) is 6.61 Å². The summed E-state index contributed by atoms with van der Waals surface area (Å²) >= 11 is 0. The van der Waals surface area contributed by atoms with Gasteiger partial charge in [0.2, 0.25) is 0 Å². The maximum Gasteiger partial charge on any atom is 0.412 e. The second-order valence-corrected chi connectivity index (χ2v) is 7.70. The summed E-state index contributed by atoms with van der Waals surface area (Å²) in [6, 6.07) is 11.8. The van der Waals surface area contributed by atoms with Gasteiger partial charge >= 0.3 is 12.1 Å². The van der Waals surface area contributed by atoms with Gasteiger partial charge in [-0.05, 0) is 82.1 Å². The minimum atomic E-state index is -0.635. The summed E-state index contributed by atoms with van der Waals surface area (Å²) in [6.45, 7) is 8.77. The maximum absolute atomic E-state index is 12.1. The van der Waals surface area contributed by atoms with Gasteiger partial charge in [-0.25, -0.2) is 9.59 Å². The third kappa shape index (κ3) is 7.65. The Kier molecular flexibility index (Phi) is 6.98. The van der Waals surface area contributed by atoms with E-state index in [1.807, 2.05) is 32.0 Å².